The molecule has 2 aromatic carbocycles. The zero-order valence-corrected chi connectivity index (χ0v) is 23.6. The van der Waals surface area contributed by atoms with Crippen molar-refractivity contribution in [3.05, 3.63) is 59.5 Å². The number of carbonyl (C=O) groups is 3. The Hall–Kier alpha value is -3.99. The zero-order chi connectivity index (χ0) is 30.0. The van der Waals surface area contributed by atoms with Crippen LogP contribution in [0.3, 0.4) is 0 Å². The molecule has 0 unspecified atom stereocenters. The van der Waals surface area contributed by atoms with Gasteiger partial charge in [-0.3, -0.25) is 14.4 Å². The third kappa shape index (κ3) is 6.25. The molecule has 2 amide bonds. The Morgan fingerprint density at radius 1 is 1.12 bits per heavy atom. The van der Waals surface area contributed by atoms with Crippen LogP contribution in [-0.2, 0) is 27.8 Å². The SMILES string of the molecule is COc1cc(CC(=O)N2C[C@@H](F)C[C@H]2CO[C@H]2CC[C@H](C(=O)O)CC2)c(F)cc1NC(=O)c1cn(C)c2ccccc12. The molecule has 2 atom stereocenters. The standard InChI is InChI=1S/C31H35F2N3O6/c1-35-16-24(23-5-3-4-6-27(23)35)30(38)34-26-14-25(33)19(11-28(26)41-2)12-29(37)36-15-20(32)13-21(36)17-42-22-9-7-18(8-10-22)31(39)40/h3-6,11,14,16,18,20-22H,7-10,12-13,15,17H2,1-2H3,(H,34,38)(H,39,40)/t18-,20-,21-,22-/m0/s1. The Bertz CT molecular complexity index is 1480. The van der Waals surface area contributed by atoms with Gasteiger partial charge in [0.2, 0.25) is 5.91 Å². The van der Waals surface area contributed by atoms with E-state index in [2.05, 4.69) is 5.32 Å². The van der Waals surface area contributed by atoms with Gasteiger partial charge in [-0.05, 0) is 37.8 Å². The average molecular weight is 584 g/mol. The maximum absolute atomic E-state index is 15.3. The number of hydrogen-bond acceptors (Lipinski definition) is 5. The molecule has 0 radical (unpaired) electrons. The summed E-state index contributed by atoms with van der Waals surface area (Å²) in [5.41, 5.74) is 1.49. The zero-order valence-electron chi connectivity index (χ0n) is 23.6. The largest absolute Gasteiger partial charge is 0.495 e. The molecule has 0 bridgehead atoms. The first kappa shape index (κ1) is 29.5. The number of benzene rings is 2. The third-order valence-electron chi connectivity index (χ3n) is 8.33. The molecule has 224 valence electrons. The number of carbonyl (C=O) groups excluding carboxylic acids is 2. The summed E-state index contributed by atoms with van der Waals surface area (Å²) < 4.78 is 42.9. The second kappa shape index (κ2) is 12.5. The van der Waals surface area contributed by atoms with Crippen LogP contribution in [0.1, 0.15) is 48.0 Å². The summed E-state index contributed by atoms with van der Waals surface area (Å²) >= 11 is 0. The molecule has 2 aliphatic rings. The van der Waals surface area contributed by atoms with Crippen LogP contribution in [0, 0.1) is 11.7 Å². The number of nitrogens with one attached hydrogen (secondary N) is 1. The Morgan fingerprint density at radius 3 is 2.57 bits per heavy atom. The summed E-state index contributed by atoms with van der Waals surface area (Å²) in [5, 5.41) is 12.7. The number of amides is 2. The normalized spacial score (nSPS) is 22.3. The average Bonchev–Trinajstić information content (AvgIpc) is 3.52. The monoisotopic (exact) mass is 583 g/mol. The number of aliphatic carboxylic acids is 1. The van der Waals surface area contributed by atoms with E-state index in [0.29, 0.717) is 31.2 Å². The number of likely N-dealkylation sites (tertiary alicyclic amines) is 1. The Balaban J connectivity index is 1.24. The van der Waals surface area contributed by atoms with E-state index in [-0.39, 0.29) is 55.0 Å². The smallest absolute Gasteiger partial charge is 0.306 e. The van der Waals surface area contributed by atoms with Crippen LogP contribution in [0.4, 0.5) is 14.5 Å². The number of carboxylic acids is 1. The third-order valence-corrected chi connectivity index (χ3v) is 8.33. The van der Waals surface area contributed by atoms with Crippen molar-refractivity contribution in [1.82, 2.24) is 9.47 Å². The van der Waals surface area contributed by atoms with Gasteiger partial charge in [0.05, 0.1) is 56.0 Å². The number of aryl methyl sites for hydroxylation is 1. The van der Waals surface area contributed by atoms with Gasteiger partial charge in [-0.2, -0.15) is 0 Å². The highest BCUT2D eigenvalue weighted by molar-refractivity contribution is 6.13. The van der Waals surface area contributed by atoms with Crippen LogP contribution < -0.4 is 10.1 Å². The van der Waals surface area contributed by atoms with E-state index in [1.54, 1.807) is 6.20 Å². The van der Waals surface area contributed by atoms with Crippen molar-refractivity contribution in [2.75, 3.05) is 25.6 Å². The van der Waals surface area contributed by atoms with Crippen LogP contribution in [0.15, 0.2) is 42.6 Å². The van der Waals surface area contributed by atoms with Crippen LogP contribution >= 0.6 is 0 Å². The summed E-state index contributed by atoms with van der Waals surface area (Å²) in [6.45, 7) is 0.0377. The maximum atomic E-state index is 15.3. The van der Waals surface area contributed by atoms with Crippen LogP contribution in [0.5, 0.6) is 5.75 Å². The highest BCUT2D eigenvalue weighted by Gasteiger charge is 2.37. The lowest BCUT2D eigenvalue weighted by atomic mass is 9.87. The van der Waals surface area contributed by atoms with Crippen LogP contribution in [-0.4, -0.2) is 70.9 Å². The Kier molecular flexibility index (Phi) is 8.77. The number of nitrogens with zero attached hydrogens (tertiary/aromatic N) is 2. The molecule has 1 aliphatic carbocycles. The van der Waals surface area contributed by atoms with E-state index in [9.17, 15) is 23.9 Å². The van der Waals surface area contributed by atoms with E-state index in [0.717, 1.165) is 17.0 Å². The number of para-hydroxylation sites is 1. The van der Waals surface area contributed by atoms with Gasteiger partial charge >= 0.3 is 5.97 Å². The van der Waals surface area contributed by atoms with Crippen molar-refractivity contribution in [3.8, 4) is 5.75 Å². The molecule has 1 aromatic heterocycles. The number of rotatable bonds is 9. The number of fused-ring (bicyclic) bond motifs is 1. The van der Waals surface area contributed by atoms with E-state index in [1.165, 1.54) is 18.1 Å². The molecule has 5 rings (SSSR count). The summed E-state index contributed by atoms with van der Waals surface area (Å²) in [5.74, 6) is -2.55. The Labute approximate surface area is 242 Å². The highest BCUT2D eigenvalue weighted by atomic mass is 19.1. The topological polar surface area (TPSA) is 110 Å². The van der Waals surface area contributed by atoms with E-state index in [1.807, 2.05) is 35.9 Å². The number of methoxy groups -OCH3 is 1. The van der Waals surface area contributed by atoms with E-state index in [4.69, 9.17) is 9.47 Å². The van der Waals surface area contributed by atoms with E-state index >= 15 is 4.39 Å². The molecule has 1 saturated carbocycles. The second-order valence-corrected chi connectivity index (χ2v) is 11.1. The van der Waals surface area contributed by atoms with Gasteiger partial charge in [-0.1, -0.05) is 18.2 Å². The van der Waals surface area contributed by atoms with Gasteiger partial charge in [0.15, 0.2) is 0 Å². The van der Waals surface area contributed by atoms with Crippen molar-refractivity contribution in [3.63, 3.8) is 0 Å². The fourth-order valence-electron chi connectivity index (χ4n) is 6.02. The molecular weight excluding hydrogens is 548 g/mol. The molecular formula is C31H35F2N3O6. The summed E-state index contributed by atoms with van der Waals surface area (Å²) in [7, 11) is 3.22. The number of alkyl halides is 1. The first-order valence-corrected chi connectivity index (χ1v) is 14.1. The van der Waals surface area contributed by atoms with Crippen molar-refractivity contribution in [2.45, 2.75) is 56.8 Å². The number of aromatic nitrogens is 1. The first-order valence-electron chi connectivity index (χ1n) is 14.1. The molecule has 1 saturated heterocycles. The molecule has 1 aliphatic heterocycles. The quantitative estimate of drug-likeness (QED) is 0.377. The van der Waals surface area contributed by atoms with Gasteiger partial charge in [0, 0.05) is 42.2 Å². The maximum Gasteiger partial charge on any atom is 0.306 e. The second-order valence-electron chi connectivity index (χ2n) is 11.1. The summed E-state index contributed by atoms with van der Waals surface area (Å²) in [6.07, 6.45) is 2.43. The summed E-state index contributed by atoms with van der Waals surface area (Å²) in [4.78, 5) is 38.9. The lowest BCUT2D eigenvalue weighted by Crippen LogP contribution is -2.40. The molecule has 9 nitrogen and oxygen atoms in total. The number of ether oxygens (including phenoxy) is 2. The van der Waals surface area contributed by atoms with E-state index < -0.39 is 35.8 Å². The molecule has 2 N–H and O–H groups in total. The van der Waals surface area contributed by atoms with Gasteiger partial charge < -0.3 is 29.4 Å². The minimum Gasteiger partial charge on any atom is -0.495 e. The van der Waals surface area contributed by atoms with Gasteiger partial charge in [-0.25, -0.2) is 8.78 Å². The molecule has 2 fully saturated rings. The number of hydrogen-bond donors (Lipinski definition) is 2. The molecule has 3 aromatic rings. The fourth-order valence-corrected chi connectivity index (χ4v) is 6.02. The van der Waals surface area contributed by atoms with Crippen LogP contribution in [0.25, 0.3) is 10.9 Å². The first-order chi connectivity index (χ1) is 20.1. The van der Waals surface area contributed by atoms with Gasteiger partial charge in [0.25, 0.3) is 5.91 Å². The van der Waals surface area contributed by atoms with Crippen LogP contribution in [0.2, 0.25) is 0 Å². The van der Waals surface area contributed by atoms with Gasteiger partial charge in [-0.15, -0.1) is 0 Å². The predicted molar refractivity (Wildman–Crippen MR) is 152 cm³/mol. The van der Waals surface area contributed by atoms with Crippen molar-refractivity contribution < 1.29 is 37.7 Å². The lowest BCUT2D eigenvalue weighted by Gasteiger charge is -2.30. The predicted octanol–water partition coefficient (Wildman–Crippen LogP) is 4.72. The number of halogens is 2. The molecule has 11 heteroatoms. The number of anilines is 1. The van der Waals surface area contributed by atoms with Crippen molar-refractivity contribution in [1.29, 1.82) is 0 Å². The molecule has 0 spiro atoms. The van der Waals surface area contributed by atoms with Crippen molar-refractivity contribution >= 4 is 34.4 Å². The minimum atomic E-state index is -1.21. The number of carboxylic acid groups (broad SMARTS) is 1. The highest BCUT2D eigenvalue weighted by Crippen LogP contribution is 2.32. The lowest BCUT2D eigenvalue weighted by molar-refractivity contribution is -0.144. The minimum absolute atomic E-state index is 0.0639. The molecule has 42 heavy (non-hydrogen) atoms. The summed E-state index contributed by atoms with van der Waals surface area (Å²) in [6, 6.07) is 9.45. The Morgan fingerprint density at radius 2 is 1.86 bits per heavy atom. The molecule has 2 heterocycles. The van der Waals surface area contributed by atoms with Crippen molar-refractivity contribution in [2.24, 2.45) is 13.0 Å². The van der Waals surface area contributed by atoms with Gasteiger partial charge in [0.1, 0.15) is 17.7 Å². The fraction of sp³-hybridized carbons (Fsp3) is 0.452.